The Hall–Kier alpha value is -4.17. The lowest BCUT2D eigenvalue weighted by atomic mass is 9.71. The molecule has 2 N–H and O–H groups in total. The van der Waals surface area contributed by atoms with Crippen LogP contribution in [0.1, 0.15) is 159 Å². The molecule has 11 heteroatoms. The Kier molecular flexibility index (Phi) is 20.1. The average Bonchev–Trinajstić information content (AvgIpc) is 3.91. The third-order valence-corrected chi connectivity index (χ3v) is 10.5. The van der Waals surface area contributed by atoms with Gasteiger partial charge >= 0.3 is 5.97 Å². The van der Waals surface area contributed by atoms with Gasteiger partial charge in [0.25, 0.3) is 5.88 Å². The molecule has 0 bridgehead atoms. The predicted molar refractivity (Wildman–Crippen MR) is 219 cm³/mol. The number of anilines is 1. The maximum Gasteiger partial charge on any atom is 0.316 e. The summed E-state index contributed by atoms with van der Waals surface area (Å²) in [6.45, 7) is 21.8. The molecule has 0 radical (unpaired) electrons. The number of nitriles is 1. The summed E-state index contributed by atoms with van der Waals surface area (Å²) in [6, 6.07) is 9.86. The van der Waals surface area contributed by atoms with E-state index in [9.17, 15) is 10.1 Å². The largest absolute Gasteiger partial charge is 0.476 e. The highest BCUT2D eigenvalue weighted by Gasteiger charge is 2.41. The van der Waals surface area contributed by atoms with E-state index in [1.807, 2.05) is 39.0 Å². The number of unbranched alkanes of at least 4 members (excludes halogenated alkanes) is 4. The molecule has 0 fully saturated rings. The fraction of sp³-hybridized carbons (Fsp3) is 0.605. The smallest absolute Gasteiger partial charge is 0.316 e. The van der Waals surface area contributed by atoms with Crippen molar-refractivity contribution in [3.8, 4) is 23.2 Å². The number of fused-ring (bicyclic) bond motifs is 1. The highest BCUT2D eigenvalue weighted by molar-refractivity contribution is 7.16. The minimum absolute atomic E-state index is 0.0772. The third kappa shape index (κ3) is 13.3. The maximum absolute atomic E-state index is 11.7. The molecule has 4 heterocycles. The number of carbonyl (C=O) groups excluding carboxylic acids is 1. The predicted octanol–water partition coefficient (Wildman–Crippen LogP) is 11.6. The summed E-state index contributed by atoms with van der Waals surface area (Å²) in [5, 5.41) is 18.3. The average molecular weight is 764 g/mol. The number of rotatable bonds is 13. The second-order valence-electron chi connectivity index (χ2n) is 14.7. The Morgan fingerprint density at radius 3 is 2.28 bits per heavy atom. The van der Waals surface area contributed by atoms with Crippen LogP contribution in [0.25, 0.3) is 11.3 Å². The number of esters is 1. The number of pyridine rings is 1. The summed E-state index contributed by atoms with van der Waals surface area (Å²) in [6.07, 6.45) is 13.3. The van der Waals surface area contributed by atoms with Crippen LogP contribution in [0, 0.1) is 30.1 Å². The summed E-state index contributed by atoms with van der Waals surface area (Å²) in [5.74, 6) is 1.91. The van der Waals surface area contributed by atoms with Gasteiger partial charge in [-0.15, -0.1) is 11.3 Å². The Bertz CT molecular complexity index is 1720. The first-order valence-electron chi connectivity index (χ1n) is 19.7. The van der Waals surface area contributed by atoms with Crippen LogP contribution in [-0.4, -0.2) is 35.0 Å². The maximum atomic E-state index is 11.7. The van der Waals surface area contributed by atoms with Crippen LogP contribution in [0.2, 0.25) is 0 Å². The van der Waals surface area contributed by atoms with Crippen molar-refractivity contribution < 1.29 is 23.3 Å². The number of ether oxygens (including phenoxy) is 2. The summed E-state index contributed by atoms with van der Waals surface area (Å²) in [4.78, 5) is 17.1. The molecule has 1 unspecified atom stereocenters. The number of hydrogen-bond acceptors (Lipinski definition) is 11. The van der Waals surface area contributed by atoms with Crippen molar-refractivity contribution in [1.29, 1.82) is 5.26 Å². The van der Waals surface area contributed by atoms with Crippen molar-refractivity contribution in [2.45, 2.75) is 145 Å². The Morgan fingerprint density at radius 2 is 1.72 bits per heavy atom. The fourth-order valence-corrected chi connectivity index (χ4v) is 7.12. The van der Waals surface area contributed by atoms with Crippen molar-refractivity contribution in [3.05, 3.63) is 63.7 Å². The zero-order valence-electron chi connectivity index (χ0n) is 34.7. The van der Waals surface area contributed by atoms with Crippen LogP contribution < -0.4 is 10.5 Å². The molecule has 4 aromatic rings. The van der Waals surface area contributed by atoms with Crippen LogP contribution in [0.3, 0.4) is 0 Å². The fourth-order valence-electron chi connectivity index (χ4n) is 5.93. The van der Waals surface area contributed by atoms with Crippen LogP contribution in [0.4, 0.5) is 5.00 Å². The summed E-state index contributed by atoms with van der Waals surface area (Å²) >= 11 is 1.53. The molecule has 0 saturated carbocycles. The molecule has 0 aliphatic heterocycles. The lowest BCUT2D eigenvalue weighted by Crippen LogP contribution is -2.28. The Labute approximate surface area is 328 Å². The molecule has 0 aromatic carbocycles. The number of nitrogens with zero attached hydrogens (tertiary/aromatic N) is 4. The molecular formula is C43H65N5O5S. The number of nitrogens with two attached hydrogens (primary N) is 1. The molecule has 0 spiro atoms. The molecule has 4 aromatic heterocycles. The highest BCUT2D eigenvalue weighted by atomic mass is 32.1. The van der Waals surface area contributed by atoms with E-state index < -0.39 is 5.92 Å². The van der Waals surface area contributed by atoms with Crippen molar-refractivity contribution in [2.24, 2.45) is 11.8 Å². The molecule has 2 atom stereocenters. The molecule has 10 nitrogen and oxygen atoms in total. The van der Waals surface area contributed by atoms with Crippen molar-refractivity contribution in [2.75, 3.05) is 19.5 Å². The molecule has 1 aliphatic carbocycles. The first-order valence-corrected chi connectivity index (χ1v) is 20.5. The normalized spacial score (nSPS) is 15.0. The second-order valence-corrected chi connectivity index (χ2v) is 15.9. The van der Waals surface area contributed by atoms with E-state index in [0.717, 1.165) is 72.7 Å². The van der Waals surface area contributed by atoms with Gasteiger partial charge in [0.2, 0.25) is 0 Å². The lowest BCUT2D eigenvalue weighted by molar-refractivity contribution is -0.144. The number of aromatic nitrogens is 3. The topological polar surface area (TPSA) is 150 Å². The third-order valence-electron chi connectivity index (χ3n) is 9.46. The first-order chi connectivity index (χ1) is 25.8. The van der Waals surface area contributed by atoms with Gasteiger partial charge in [0, 0.05) is 34.5 Å². The zero-order chi connectivity index (χ0) is 40.3. The van der Waals surface area contributed by atoms with Crippen molar-refractivity contribution in [1.82, 2.24) is 15.3 Å². The zero-order valence-corrected chi connectivity index (χ0v) is 35.5. The molecule has 54 heavy (non-hydrogen) atoms. The van der Waals surface area contributed by atoms with Gasteiger partial charge < -0.3 is 24.3 Å². The van der Waals surface area contributed by atoms with E-state index in [1.165, 1.54) is 49.0 Å². The van der Waals surface area contributed by atoms with Gasteiger partial charge in [-0.2, -0.15) is 5.26 Å². The van der Waals surface area contributed by atoms with E-state index in [0.29, 0.717) is 28.8 Å². The van der Waals surface area contributed by atoms with Crippen LogP contribution >= 0.6 is 11.3 Å². The minimum atomic E-state index is -0.439. The molecule has 1 aliphatic rings. The molecule has 0 amide bonds. The van der Waals surface area contributed by atoms with Gasteiger partial charge in [0.1, 0.15) is 28.4 Å². The van der Waals surface area contributed by atoms with Gasteiger partial charge in [-0.05, 0) is 74.2 Å². The van der Waals surface area contributed by atoms with Crippen molar-refractivity contribution in [3.63, 3.8) is 0 Å². The number of nitrogen functional groups attached to an aromatic ring is 1. The van der Waals surface area contributed by atoms with Crippen LogP contribution in [0.15, 0.2) is 39.5 Å². The van der Waals surface area contributed by atoms with E-state index in [4.69, 9.17) is 24.3 Å². The van der Waals surface area contributed by atoms with Gasteiger partial charge in [-0.25, -0.2) is 0 Å². The molecule has 0 saturated heterocycles. The van der Waals surface area contributed by atoms with E-state index >= 15 is 0 Å². The highest BCUT2D eigenvalue weighted by Crippen LogP contribution is 2.49. The van der Waals surface area contributed by atoms with Gasteiger partial charge in [0.15, 0.2) is 5.76 Å². The van der Waals surface area contributed by atoms with Crippen LogP contribution in [0.5, 0.6) is 5.88 Å². The minimum Gasteiger partial charge on any atom is -0.476 e. The first kappa shape index (κ1) is 46.0. The Morgan fingerprint density at radius 1 is 1.04 bits per heavy atom. The van der Waals surface area contributed by atoms with E-state index in [-0.39, 0.29) is 17.3 Å². The number of hydrogen-bond donors (Lipinski definition) is 1. The Balaban J connectivity index is 0.000000306. The number of carbonyl (C=O) groups is 1. The molecule has 298 valence electrons. The number of thiophene rings is 1. The standard InChI is InChI=1S/C19H18N4OS.C14H23NO4.2C5H12/c1-11-8-12(5-7-22-11)14-9-16(24-23-14)19(2)6-3-4-15-17(19)13(10-20)18(21)25-15;1-5-6-7-8-18-12-9-11(19-15-12)13(10(2)3)14(16)17-4;1-4-5(2)3;1-3-5-4-2/h5,7-9H,3-4,6,21H2,1-2H3;9-10,13H,5-8H2,1-4H3;5H,4H2,1-3H3;3-5H2,1-2H3/t19-;;;/m1.../s1. The number of aryl methyl sites for hydroxylation is 2. The SMILES string of the molecule is CCC(C)C.CCCCC.CCCCCOc1cc(C(C(=O)OC)C(C)C)on1.Cc1cc(-c2cc([C@@]3(C)CCCc4sc(N)c(C#N)c43)on2)ccn1. The van der Waals surface area contributed by atoms with Gasteiger partial charge in [-0.3, -0.25) is 9.78 Å². The lowest BCUT2D eigenvalue weighted by Gasteiger charge is -2.31. The summed E-state index contributed by atoms with van der Waals surface area (Å²) < 4.78 is 21.2. The van der Waals surface area contributed by atoms with E-state index in [2.05, 4.69) is 69.8 Å². The summed E-state index contributed by atoms with van der Waals surface area (Å²) in [7, 11) is 1.37. The molecular weight excluding hydrogens is 699 g/mol. The van der Waals surface area contributed by atoms with E-state index in [1.54, 1.807) is 12.3 Å². The van der Waals surface area contributed by atoms with Gasteiger partial charge in [0.05, 0.1) is 24.7 Å². The monoisotopic (exact) mass is 763 g/mol. The summed E-state index contributed by atoms with van der Waals surface area (Å²) in [5.41, 5.74) is 10.0. The molecule has 5 rings (SSSR count). The quantitative estimate of drug-likeness (QED) is 0.103. The number of methoxy groups -OCH3 is 1. The van der Waals surface area contributed by atoms with Gasteiger partial charge in [-0.1, -0.05) is 99.1 Å². The van der Waals surface area contributed by atoms with Crippen molar-refractivity contribution >= 4 is 22.3 Å². The van der Waals surface area contributed by atoms with Crippen LogP contribution in [-0.2, 0) is 21.4 Å². The second kappa shape index (κ2) is 23.6.